The molecule has 5 heteroatoms. The molecule has 2 aromatic carbocycles. The van der Waals surface area contributed by atoms with E-state index >= 15 is 0 Å². The number of aryl methyl sites for hydroxylation is 1. The van der Waals surface area contributed by atoms with Gasteiger partial charge in [-0.2, -0.15) is 0 Å². The van der Waals surface area contributed by atoms with Crippen LogP contribution in [0.2, 0.25) is 5.02 Å². The van der Waals surface area contributed by atoms with Gasteiger partial charge in [0.05, 0.1) is 12.6 Å². The summed E-state index contributed by atoms with van der Waals surface area (Å²) in [5, 5.41) is 3.65. The van der Waals surface area contributed by atoms with Gasteiger partial charge in [-0.3, -0.25) is 9.69 Å². The van der Waals surface area contributed by atoms with E-state index in [-0.39, 0.29) is 11.9 Å². The Hall–Kier alpha value is -2.04. The van der Waals surface area contributed by atoms with Crippen LogP contribution in [0.15, 0.2) is 48.5 Å². The van der Waals surface area contributed by atoms with E-state index in [0.717, 1.165) is 30.0 Å². The number of hydrogen-bond acceptors (Lipinski definition) is 3. The van der Waals surface area contributed by atoms with Crippen molar-refractivity contribution in [3.63, 3.8) is 0 Å². The van der Waals surface area contributed by atoms with Crippen LogP contribution in [0.25, 0.3) is 0 Å². The maximum absolute atomic E-state index is 12.4. The summed E-state index contributed by atoms with van der Waals surface area (Å²) in [4.78, 5) is 14.4. The molecule has 0 aromatic heterocycles. The lowest BCUT2D eigenvalue weighted by molar-refractivity contribution is -0.120. The van der Waals surface area contributed by atoms with Gasteiger partial charge in [0.2, 0.25) is 5.91 Å². The van der Waals surface area contributed by atoms with Crippen molar-refractivity contribution in [1.29, 1.82) is 0 Å². The Labute approximate surface area is 154 Å². The lowest BCUT2D eigenvalue weighted by Crippen LogP contribution is -2.40. The number of hydrogen-bond donors (Lipinski definition) is 1. The molecule has 2 aromatic rings. The molecule has 4 nitrogen and oxygen atoms in total. The van der Waals surface area contributed by atoms with Gasteiger partial charge in [0.15, 0.2) is 0 Å². The minimum Gasteiger partial charge on any atom is -0.493 e. The Morgan fingerprint density at radius 3 is 2.72 bits per heavy atom. The fourth-order valence-electron chi connectivity index (χ4n) is 2.40. The summed E-state index contributed by atoms with van der Waals surface area (Å²) in [5.74, 6) is 0.757. The quantitative estimate of drug-likeness (QED) is 0.710. The molecule has 0 radical (unpaired) electrons. The summed E-state index contributed by atoms with van der Waals surface area (Å²) in [6.45, 7) is 5.24. The van der Waals surface area contributed by atoms with Crippen molar-refractivity contribution in [1.82, 2.24) is 4.90 Å². The predicted molar refractivity (Wildman–Crippen MR) is 103 cm³/mol. The average molecular weight is 361 g/mol. The number of anilines is 1. The number of amides is 1. The molecule has 0 aliphatic carbocycles. The third kappa shape index (κ3) is 6.07. The molecule has 1 N–H and O–H groups in total. The van der Waals surface area contributed by atoms with E-state index < -0.39 is 0 Å². The van der Waals surface area contributed by atoms with E-state index in [1.807, 2.05) is 68.3 Å². The van der Waals surface area contributed by atoms with Crippen LogP contribution in [-0.2, 0) is 4.79 Å². The number of nitrogens with one attached hydrogen (secondary N) is 1. The van der Waals surface area contributed by atoms with Crippen molar-refractivity contribution in [2.45, 2.75) is 26.3 Å². The van der Waals surface area contributed by atoms with Crippen LogP contribution in [0, 0.1) is 6.92 Å². The summed E-state index contributed by atoms with van der Waals surface area (Å²) < 4.78 is 5.68. The standard InChI is InChI=1S/C20H25ClN2O2/c1-15-8-4-5-11-19(15)22-20(24)16(2)23(3)12-7-13-25-18-10-6-9-17(21)14-18/h4-6,8-11,14,16H,7,12-13H2,1-3H3,(H,22,24). The normalized spacial score (nSPS) is 12.0. The Kier molecular flexibility index (Phi) is 7.29. The first-order valence-corrected chi connectivity index (χ1v) is 8.80. The van der Waals surface area contributed by atoms with Gasteiger partial charge in [-0.15, -0.1) is 0 Å². The van der Waals surface area contributed by atoms with E-state index in [2.05, 4.69) is 5.32 Å². The van der Waals surface area contributed by atoms with Gasteiger partial charge in [0.1, 0.15) is 5.75 Å². The zero-order valence-corrected chi connectivity index (χ0v) is 15.7. The maximum Gasteiger partial charge on any atom is 0.241 e. The summed E-state index contributed by atoms with van der Waals surface area (Å²) >= 11 is 5.93. The van der Waals surface area contributed by atoms with Crippen LogP contribution in [0.5, 0.6) is 5.75 Å². The van der Waals surface area contributed by atoms with Gasteiger partial charge >= 0.3 is 0 Å². The molecule has 0 fully saturated rings. The molecule has 1 atom stereocenters. The third-order valence-electron chi connectivity index (χ3n) is 4.16. The fraction of sp³-hybridized carbons (Fsp3) is 0.350. The Morgan fingerprint density at radius 1 is 1.24 bits per heavy atom. The molecular weight excluding hydrogens is 336 g/mol. The van der Waals surface area contributed by atoms with E-state index in [1.54, 1.807) is 6.07 Å². The number of ether oxygens (including phenoxy) is 1. The third-order valence-corrected chi connectivity index (χ3v) is 4.40. The number of nitrogens with zero attached hydrogens (tertiary/aromatic N) is 1. The minimum atomic E-state index is -0.217. The van der Waals surface area contributed by atoms with Crippen LogP contribution in [-0.4, -0.2) is 37.0 Å². The molecule has 2 rings (SSSR count). The van der Waals surface area contributed by atoms with Crippen molar-refractivity contribution in [2.24, 2.45) is 0 Å². The van der Waals surface area contributed by atoms with Gasteiger partial charge in [-0.1, -0.05) is 35.9 Å². The van der Waals surface area contributed by atoms with Gasteiger partial charge in [-0.05, 0) is 57.1 Å². The van der Waals surface area contributed by atoms with Crippen molar-refractivity contribution in [3.05, 3.63) is 59.1 Å². The van der Waals surface area contributed by atoms with Crippen LogP contribution in [0.3, 0.4) is 0 Å². The molecule has 1 amide bonds. The van der Waals surface area contributed by atoms with Crippen LogP contribution in [0.4, 0.5) is 5.69 Å². The van der Waals surface area contributed by atoms with E-state index in [1.165, 1.54) is 0 Å². The molecule has 25 heavy (non-hydrogen) atoms. The number of benzene rings is 2. The molecule has 134 valence electrons. The zero-order chi connectivity index (χ0) is 18.2. The Morgan fingerprint density at radius 2 is 2.00 bits per heavy atom. The fourth-order valence-corrected chi connectivity index (χ4v) is 2.59. The molecule has 0 heterocycles. The number of rotatable bonds is 8. The smallest absolute Gasteiger partial charge is 0.241 e. The second kappa shape index (κ2) is 9.44. The first-order valence-electron chi connectivity index (χ1n) is 8.42. The van der Waals surface area contributed by atoms with Gasteiger partial charge < -0.3 is 10.1 Å². The molecule has 0 saturated carbocycles. The SMILES string of the molecule is Cc1ccccc1NC(=O)C(C)N(C)CCCOc1cccc(Cl)c1. The monoisotopic (exact) mass is 360 g/mol. The van der Waals surface area contributed by atoms with Gasteiger partial charge in [0.25, 0.3) is 0 Å². The van der Waals surface area contributed by atoms with E-state index in [4.69, 9.17) is 16.3 Å². The lowest BCUT2D eigenvalue weighted by Gasteiger charge is -2.24. The highest BCUT2D eigenvalue weighted by Gasteiger charge is 2.18. The van der Waals surface area contributed by atoms with Crippen molar-refractivity contribution in [3.8, 4) is 5.75 Å². The molecule has 0 aliphatic heterocycles. The van der Waals surface area contributed by atoms with Crippen LogP contribution < -0.4 is 10.1 Å². The van der Waals surface area contributed by atoms with Crippen LogP contribution in [0.1, 0.15) is 18.9 Å². The minimum absolute atomic E-state index is 0.00689. The first kappa shape index (κ1) is 19.3. The van der Waals surface area contributed by atoms with Crippen LogP contribution >= 0.6 is 11.6 Å². The lowest BCUT2D eigenvalue weighted by atomic mass is 10.2. The number of carbonyl (C=O) groups is 1. The first-order chi connectivity index (χ1) is 12.0. The maximum atomic E-state index is 12.4. The molecule has 0 aliphatic rings. The highest BCUT2D eigenvalue weighted by Crippen LogP contribution is 2.17. The number of halogens is 1. The highest BCUT2D eigenvalue weighted by atomic mass is 35.5. The summed E-state index contributed by atoms with van der Waals surface area (Å²) in [6, 6.07) is 14.9. The molecule has 0 spiro atoms. The molecule has 1 unspecified atom stereocenters. The van der Waals surface area contributed by atoms with Crippen molar-refractivity contribution >= 4 is 23.2 Å². The largest absolute Gasteiger partial charge is 0.493 e. The van der Waals surface area contributed by atoms with Gasteiger partial charge in [-0.25, -0.2) is 0 Å². The second-order valence-corrected chi connectivity index (χ2v) is 6.56. The number of para-hydroxylation sites is 1. The average Bonchev–Trinajstić information content (AvgIpc) is 2.60. The van der Waals surface area contributed by atoms with E-state index in [0.29, 0.717) is 11.6 Å². The topological polar surface area (TPSA) is 41.6 Å². The number of likely N-dealkylation sites (N-methyl/N-ethyl adjacent to an activating group) is 1. The Bertz CT molecular complexity index is 706. The predicted octanol–water partition coefficient (Wildman–Crippen LogP) is 4.38. The Balaban J connectivity index is 1.75. The molecular formula is C20H25ClN2O2. The van der Waals surface area contributed by atoms with Crippen molar-refractivity contribution < 1.29 is 9.53 Å². The van der Waals surface area contributed by atoms with E-state index in [9.17, 15) is 4.79 Å². The van der Waals surface area contributed by atoms with Gasteiger partial charge in [0, 0.05) is 17.3 Å². The van der Waals surface area contributed by atoms with Crippen molar-refractivity contribution in [2.75, 3.05) is 25.5 Å². The summed E-state index contributed by atoms with van der Waals surface area (Å²) in [6.07, 6.45) is 0.824. The molecule has 0 bridgehead atoms. The zero-order valence-electron chi connectivity index (χ0n) is 15.0. The summed E-state index contributed by atoms with van der Waals surface area (Å²) in [7, 11) is 1.95. The highest BCUT2D eigenvalue weighted by molar-refractivity contribution is 6.30. The molecule has 0 saturated heterocycles. The number of carbonyl (C=O) groups excluding carboxylic acids is 1. The second-order valence-electron chi connectivity index (χ2n) is 6.12. The summed E-state index contributed by atoms with van der Waals surface area (Å²) in [5.41, 5.74) is 1.91.